The smallest absolute Gasteiger partial charge is 0.155 e. The van der Waals surface area contributed by atoms with Gasteiger partial charge in [0, 0.05) is 0 Å². The zero-order valence-corrected chi connectivity index (χ0v) is 6.13. The molecule has 1 atom stereocenters. The maximum atomic E-state index is 8.93. The topological polar surface area (TPSA) is 29.5 Å². The molecular weight excluding hydrogens is 116 g/mol. The van der Waals surface area contributed by atoms with Crippen molar-refractivity contribution in [2.45, 2.75) is 39.4 Å². The van der Waals surface area contributed by atoms with Gasteiger partial charge in [0.1, 0.15) is 0 Å². The molecule has 0 heterocycles. The molecule has 0 saturated carbocycles. The first-order valence-corrected chi connectivity index (χ1v) is 3.46. The van der Waals surface area contributed by atoms with Gasteiger partial charge in [-0.3, -0.25) is 0 Å². The normalized spacial score (nSPS) is 13.7. The molecule has 0 aliphatic heterocycles. The molecule has 0 fully saturated rings. The van der Waals surface area contributed by atoms with Crippen LogP contribution in [-0.2, 0) is 4.74 Å². The van der Waals surface area contributed by atoms with E-state index in [1.54, 1.807) is 6.61 Å². The minimum absolute atomic E-state index is 0.588. The fourth-order valence-corrected chi connectivity index (χ4v) is 0.522. The Bertz CT molecular complexity index is 54.9. The lowest BCUT2D eigenvalue weighted by Crippen LogP contribution is -2.08. The highest BCUT2D eigenvalue weighted by atomic mass is 16.6. The predicted octanol–water partition coefficient (Wildman–Crippen LogP) is 1.69. The third kappa shape index (κ3) is 5.80. The highest BCUT2D eigenvalue weighted by Gasteiger charge is 1.99. The molecule has 0 aromatic rings. The van der Waals surface area contributed by atoms with Gasteiger partial charge >= 0.3 is 0 Å². The van der Waals surface area contributed by atoms with E-state index in [-0.39, 0.29) is 0 Å². The molecule has 2 nitrogen and oxygen atoms in total. The number of ether oxygens (including phenoxy) is 1. The van der Waals surface area contributed by atoms with Crippen LogP contribution in [0.4, 0.5) is 0 Å². The summed E-state index contributed by atoms with van der Waals surface area (Å²) in [6.45, 7) is 5.61. The molecule has 1 N–H and O–H groups in total. The number of rotatable bonds is 5. The Morgan fingerprint density at radius 2 is 2.22 bits per heavy atom. The maximum Gasteiger partial charge on any atom is 0.155 e. The van der Waals surface area contributed by atoms with Crippen molar-refractivity contribution in [1.29, 1.82) is 0 Å². The second kappa shape index (κ2) is 6.05. The van der Waals surface area contributed by atoms with Crippen LogP contribution in [0.5, 0.6) is 0 Å². The Balaban J connectivity index is 2.95. The Labute approximate surface area is 56.8 Å². The summed E-state index contributed by atoms with van der Waals surface area (Å²) >= 11 is 0. The second-order valence-corrected chi connectivity index (χ2v) is 1.95. The molecule has 0 aliphatic carbocycles. The van der Waals surface area contributed by atoms with Crippen LogP contribution in [-0.4, -0.2) is 11.4 Å². The molecule has 0 aromatic carbocycles. The van der Waals surface area contributed by atoms with Gasteiger partial charge in [-0.1, -0.05) is 20.3 Å². The van der Waals surface area contributed by atoms with E-state index >= 15 is 0 Å². The van der Waals surface area contributed by atoms with E-state index in [4.69, 9.17) is 9.84 Å². The first-order valence-electron chi connectivity index (χ1n) is 3.46. The zero-order valence-electron chi connectivity index (χ0n) is 6.13. The molecule has 0 aliphatic rings. The van der Waals surface area contributed by atoms with Crippen molar-refractivity contribution in [3.63, 3.8) is 0 Å². The van der Waals surface area contributed by atoms with Crippen LogP contribution in [0.3, 0.4) is 0 Å². The molecule has 0 rings (SSSR count). The van der Waals surface area contributed by atoms with E-state index in [0.717, 1.165) is 19.3 Å². The molecule has 2 heteroatoms. The summed E-state index contributed by atoms with van der Waals surface area (Å²) in [7, 11) is 0. The van der Waals surface area contributed by atoms with E-state index in [9.17, 15) is 0 Å². The van der Waals surface area contributed by atoms with Crippen molar-refractivity contribution < 1.29 is 9.84 Å². The third-order valence-electron chi connectivity index (χ3n) is 0.956. The first-order chi connectivity index (χ1) is 4.31. The molecule has 0 aromatic heterocycles. The predicted molar refractivity (Wildman–Crippen MR) is 36.6 cm³/mol. The average Bonchev–Trinajstić information content (AvgIpc) is 1.85. The van der Waals surface area contributed by atoms with E-state index in [0.29, 0.717) is 0 Å². The lowest BCUT2D eigenvalue weighted by atomic mass is 10.3. The van der Waals surface area contributed by atoms with Gasteiger partial charge in [0.25, 0.3) is 0 Å². The Morgan fingerprint density at radius 3 is 2.67 bits per heavy atom. The summed E-state index contributed by atoms with van der Waals surface area (Å²) in [4.78, 5) is 0. The molecule has 0 spiro atoms. The summed E-state index contributed by atoms with van der Waals surface area (Å²) < 4.78 is 4.86. The largest absolute Gasteiger partial charge is 0.368 e. The standard InChI is InChI=1S/C7H15O2/c1-3-5-7(8)9-6-4-2/h6-8H,3-5H2,1-2H3. The molecule has 9 heavy (non-hydrogen) atoms. The van der Waals surface area contributed by atoms with Crippen LogP contribution in [0.1, 0.15) is 33.1 Å². The van der Waals surface area contributed by atoms with Crippen molar-refractivity contribution in [2.75, 3.05) is 0 Å². The van der Waals surface area contributed by atoms with Crippen molar-refractivity contribution in [3.8, 4) is 0 Å². The fraction of sp³-hybridized carbons (Fsp3) is 0.857. The third-order valence-corrected chi connectivity index (χ3v) is 0.956. The van der Waals surface area contributed by atoms with Gasteiger partial charge in [0.15, 0.2) is 6.29 Å². The lowest BCUT2D eigenvalue weighted by Gasteiger charge is -2.07. The highest BCUT2D eigenvalue weighted by Crippen LogP contribution is 2.00. The molecular formula is C7H15O2. The van der Waals surface area contributed by atoms with Crippen LogP contribution in [0.25, 0.3) is 0 Å². The number of aliphatic hydroxyl groups is 1. The van der Waals surface area contributed by atoms with Crippen LogP contribution in [0, 0.1) is 6.61 Å². The molecule has 1 radical (unpaired) electrons. The molecule has 0 saturated heterocycles. The summed E-state index contributed by atoms with van der Waals surface area (Å²) in [5.74, 6) is 0. The summed E-state index contributed by atoms with van der Waals surface area (Å²) in [5, 5.41) is 8.93. The van der Waals surface area contributed by atoms with E-state index < -0.39 is 6.29 Å². The quantitative estimate of drug-likeness (QED) is 0.575. The van der Waals surface area contributed by atoms with E-state index in [1.807, 2.05) is 13.8 Å². The first kappa shape index (κ1) is 8.92. The zero-order chi connectivity index (χ0) is 7.11. The lowest BCUT2D eigenvalue weighted by molar-refractivity contribution is -0.0766. The van der Waals surface area contributed by atoms with Gasteiger partial charge in [0.2, 0.25) is 0 Å². The van der Waals surface area contributed by atoms with Gasteiger partial charge in [-0.15, -0.1) is 0 Å². The van der Waals surface area contributed by atoms with Gasteiger partial charge in [-0.05, 0) is 12.8 Å². The average molecular weight is 131 g/mol. The number of hydrogen-bond donors (Lipinski definition) is 1. The number of aliphatic hydroxyl groups excluding tert-OH is 1. The molecule has 55 valence electrons. The SMILES string of the molecule is CC[CH]OC(O)CCC. The Hall–Kier alpha value is -0.0800. The fourth-order valence-electron chi connectivity index (χ4n) is 0.522. The van der Waals surface area contributed by atoms with E-state index in [1.165, 1.54) is 0 Å². The minimum atomic E-state index is -0.588. The Kier molecular flexibility index (Phi) is 5.99. The maximum absolute atomic E-state index is 8.93. The Morgan fingerprint density at radius 1 is 1.56 bits per heavy atom. The van der Waals surface area contributed by atoms with Crippen LogP contribution in [0.2, 0.25) is 0 Å². The molecule has 0 bridgehead atoms. The summed E-state index contributed by atoms with van der Waals surface area (Å²) in [6, 6.07) is 0. The summed E-state index contributed by atoms with van der Waals surface area (Å²) in [6.07, 6.45) is 1.94. The molecule has 0 amide bonds. The van der Waals surface area contributed by atoms with Crippen LogP contribution >= 0.6 is 0 Å². The van der Waals surface area contributed by atoms with Gasteiger partial charge in [0.05, 0.1) is 6.61 Å². The van der Waals surface area contributed by atoms with Gasteiger partial charge in [-0.2, -0.15) is 0 Å². The van der Waals surface area contributed by atoms with Crippen LogP contribution < -0.4 is 0 Å². The van der Waals surface area contributed by atoms with Crippen molar-refractivity contribution in [3.05, 3.63) is 6.61 Å². The van der Waals surface area contributed by atoms with Crippen molar-refractivity contribution in [2.24, 2.45) is 0 Å². The van der Waals surface area contributed by atoms with Crippen molar-refractivity contribution >= 4 is 0 Å². The van der Waals surface area contributed by atoms with Gasteiger partial charge in [-0.25, -0.2) is 0 Å². The minimum Gasteiger partial charge on any atom is -0.368 e. The summed E-state index contributed by atoms with van der Waals surface area (Å²) in [5.41, 5.74) is 0. The van der Waals surface area contributed by atoms with Gasteiger partial charge < -0.3 is 9.84 Å². The van der Waals surface area contributed by atoms with Crippen LogP contribution in [0.15, 0.2) is 0 Å². The number of hydrogen-bond acceptors (Lipinski definition) is 2. The van der Waals surface area contributed by atoms with E-state index in [2.05, 4.69) is 0 Å². The van der Waals surface area contributed by atoms with Crippen molar-refractivity contribution in [1.82, 2.24) is 0 Å². The molecule has 1 unspecified atom stereocenters. The monoisotopic (exact) mass is 131 g/mol. The second-order valence-electron chi connectivity index (χ2n) is 1.95. The highest BCUT2D eigenvalue weighted by molar-refractivity contribution is 4.47.